The summed E-state index contributed by atoms with van der Waals surface area (Å²) in [5.74, 6) is -0.406. The Morgan fingerprint density at radius 3 is 2.71 bits per heavy atom. The van der Waals surface area contributed by atoms with E-state index in [0.29, 0.717) is 22.0 Å². The Morgan fingerprint density at radius 2 is 1.95 bits per heavy atom. The van der Waals surface area contributed by atoms with Crippen LogP contribution in [0.1, 0.15) is 10.4 Å². The van der Waals surface area contributed by atoms with Crippen LogP contribution >= 0.6 is 11.6 Å². The summed E-state index contributed by atoms with van der Waals surface area (Å²) in [5.41, 5.74) is 1.36. The Morgan fingerprint density at radius 1 is 1.14 bits per heavy atom. The summed E-state index contributed by atoms with van der Waals surface area (Å²) in [6.07, 6.45) is 0. The summed E-state index contributed by atoms with van der Waals surface area (Å²) >= 11 is 6.08. The predicted molar refractivity (Wildman–Crippen MR) is 77.1 cm³/mol. The van der Waals surface area contributed by atoms with Gasteiger partial charge in [0.15, 0.2) is 0 Å². The highest BCUT2D eigenvalue weighted by Gasteiger charge is 2.14. The Bertz CT molecular complexity index is 814. The minimum atomic E-state index is -1.01. The second-order valence-electron chi connectivity index (χ2n) is 4.29. The van der Waals surface area contributed by atoms with Crippen molar-refractivity contribution in [3.05, 3.63) is 59.1 Å². The lowest BCUT2D eigenvalue weighted by molar-refractivity contribution is 0.0697. The van der Waals surface area contributed by atoms with E-state index < -0.39 is 5.97 Å². The number of carboxylic acid groups (broad SMARTS) is 1. The standard InChI is InChI=1S/C15H9ClN2O3/c16-12-7-2-1-6-11(12)14-17-13(18-21-14)9-4-3-5-10(8-9)15(19)20/h1-8H,(H,19,20). The van der Waals surface area contributed by atoms with Gasteiger partial charge in [-0.15, -0.1) is 0 Å². The molecule has 1 heterocycles. The van der Waals surface area contributed by atoms with Gasteiger partial charge < -0.3 is 9.63 Å². The Hall–Kier alpha value is -2.66. The third kappa shape index (κ3) is 2.64. The first-order valence-electron chi connectivity index (χ1n) is 6.07. The molecule has 21 heavy (non-hydrogen) atoms. The molecular formula is C15H9ClN2O3. The lowest BCUT2D eigenvalue weighted by Crippen LogP contribution is -1.96. The van der Waals surface area contributed by atoms with Crippen LogP contribution in [0, 0.1) is 0 Å². The van der Waals surface area contributed by atoms with Crippen molar-refractivity contribution < 1.29 is 14.4 Å². The molecular weight excluding hydrogens is 292 g/mol. The third-order valence-corrected chi connectivity index (χ3v) is 3.23. The molecule has 0 saturated heterocycles. The zero-order valence-electron chi connectivity index (χ0n) is 10.7. The molecule has 0 bridgehead atoms. The molecule has 3 aromatic rings. The van der Waals surface area contributed by atoms with Crippen LogP contribution in [-0.4, -0.2) is 21.2 Å². The van der Waals surface area contributed by atoms with Gasteiger partial charge in [-0.3, -0.25) is 0 Å². The molecule has 1 aromatic heterocycles. The van der Waals surface area contributed by atoms with E-state index in [4.69, 9.17) is 21.2 Å². The first-order valence-corrected chi connectivity index (χ1v) is 6.45. The van der Waals surface area contributed by atoms with Crippen LogP contribution in [0.4, 0.5) is 0 Å². The topological polar surface area (TPSA) is 76.2 Å². The normalized spacial score (nSPS) is 10.5. The molecule has 0 saturated carbocycles. The summed E-state index contributed by atoms with van der Waals surface area (Å²) in [6, 6.07) is 13.5. The highest BCUT2D eigenvalue weighted by molar-refractivity contribution is 6.33. The van der Waals surface area contributed by atoms with Gasteiger partial charge in [-0.25, -0.2) is 4.79 Å². The van der Waals surface area contributed by atoms with Crippen molar-refractivity contribution in [2.45, 2.75) is 0 Å². The number of rotatable bonds is 3. The number of aromatic carboxylic acids is 1. The first-order chi connectivity index (χ1) is 10.1. The van der Waals surface area contributed by atoms with Crippen molar-refractivity contribution in [3.8, 4) is 22.8 Å². The lowest BCUT2D eigenvalue weighted by Gasteiger charge is -1.97. The van der Waals surface area contributed by atoms with E-state index in [1.165, 1.54) is 12.1 Å². The zero-order valence-corrected chi connectivity index (χ0v) is 11.4. The van der Waals surface area contributed by atoms with Crippen molar-refractivity contribution in [3.63, 3.8) is 0 Å². The van der Waals surface area contributed by atoms with Crippen LogP contribution in [0.5, 0.6) is 0 Å². The van der Waals surface area contributed by atoms with Crippen molar-refractivity contribution in [2.75, 3.05) is 0 Å². The quantitative estimate of drug-likeness (QED) is 0.797. The van der Waals surface area contributed by atoms with Gasteiger partial charge in [-0.05, 0) is 24.3 Å². The Balaban J connectivity index is 2.01. The van der Waals surface area contributed by atoms with Crippen molar-refractivity contribution in [1.82, 2.24) is 10.1 Å². The van der Waals surface area contributed by atoms with E-state index in [9.17, 15) is 4.79 Å². The largest absolute Gasteiger partial charge is 0.478 e. The van der Waals surface area contributed by atoms with Gasteiger partial charge in [0.05, 0.1) is 16.1 Å². The predicted octanol–water partition coefficient (Wildman–Crippen LogP) is 3.76. The van der Waals surface area contributed by atoms with E-state index in [1.807, 2.05) is 6.07 Å². The minimum Gasteiger partial charge on any atom is -0.478 e. The molecule has 0 atom stereocenters. The van der Waals surface area contributed by atoms with E-state index in [0.717, 1.165) is 0 Å². The molecule has 0 aliphatic carbocycles. The van der Waals surface area contributed by atoms with Gasteiger partial charge in [-0.1, -0.05) is 41.0 Å². The number of carbonyl (C=O) groups is 1. The van der Waals surface area contributed by atoms with Crippen molar-refractivity contribution in [1.29, 1.82) is 0 Å². The lowest BCUT2D eigenvalue weighted by atomic mass is 10.1. The van der Waals surface area contributed by atoms with Crippen LogP contribution in [0.15, 0.2) is 53.1 Å². The van der Waals surface area contributed by atoms with Gasteiger partial charge >= 0.3 is 5.97 Å². The number of carboxylic acids is 1. The highest BCUT2D eigenvalue weighted by Crippen LogP contribution is 2.28. The number of benzene rings is 2. The van der Waals surface area contributed by atoms with Gasteiger partial charge in [0.2, 0.25) is 5.82 Å². The number of hydrogen-bond donors (Lipinski definition) is 1. The molecule has 1 N–H and O–H groups in total. The minimum absolute atomic E-state index is 0.164. The summed E-state index contributed by atoms with van der Waals surface area (Å²) in [4.78, 5) is 15.2. The van der Waals surface area contributed by atoms with Crippen LogP contribution in [0.2, 0.25) is 5.02 Å². The van der Waals surface area contributed by atoms with E-state index in [-0.39, 0.29) is 11.5 Å². The third-order valence-electron chi connectivity index (χ3n) is 2.90. The summed E-state index contributed by atoms with van der Waals surface area (Å²) in [5, 5.41) is 13.4. The molecule has 0 aliphatic rings. The second kappa shape index (κ2) is 5.38. The van der Waals surface area contributed by atoms with Crippen LogP contribution in [-0.2, 0) is 0 Å². The molecule has 0 aliphatic heterocycles. The fourth-order valence-electron chi connectivity index (χ4n) is 1.88. The van der Waals surface area contributed by atoms with Gasteiger partial charge in [0, 0.05) is 5.56 Å². The van der Waals surface area contributed by atoms with Gasteiger partial charge in [-0.2, -0.15) is 4.98 Å². The first kappa shape index (κ1) is 13.3. The van der Waals surface area contributed by atoms with Crippen molar-refractivity contribution >= 4 is 17.6 Å². The van der Waals surface area contributed by atoms with E-state index in [2.05, 4.69) is 10.1 Å². The average molecular weight is 301 g/mol. The van der Waals surface area contributed by atoms with Gasteiger partial charge in [0.25, 0.3) is 5.89 Å². The number of aromatic nitrogens is 2. The molecule has 0 amide bonds. The highest BCUT2D eigenvalue weighted by atomic mass is 35.5. The fraction of sp³-hybridized carbons (Fsp3) is 0. The molecule has 0 fully saturated rings. The Labute approximate surface area is 124 Å². The summed E-state index contributed by atoms with van der Waals surface area (Å²) < 4.78 is 5.19. The molecule has 0 radical (unpaired) electrons. The molecule has 3 rings (SSSR count). The smallest absolute Gasteiger partial charge is 0.335 e. The van der Waals surface area contributed by atoms with Crippen LogP contribution < -0.4 is 0 Å². The van der Waals surface area contributed by atoms with E-state index >= 15 is 0 Å². The average Bonchev–Trinajstić information content (AvgIpc) is 2.97. The molecule has 0 unspecified atom stereocenters. The Kier molecular flexibility index (Phi) is 3.41. The monoisotopic (exact) mass is 300 g/mol. The van der Waals surface area contributed by atoms with Crippen molar-refractivity contribution in [2.24, 2.45) is 0 Å². The van der Waals surface area contributed by atoms with Crippen LogP contribution in [0.25, 0.3) is 22.8 Å². The molecule has 0 spiro atoms. The number of hydrogen-bond acceptors (Lipinski definition) is 4. The van der Waals surface area contributed by atoms with Gasteiger partial charge in [0.1, 0.15) is 0 Å². The second-order valence-corrected chi connectivity index (χ2v) is 4.70. The SMILES string of the molecule is O=C(O)c1cccc(-c2noc(-c3ccccc3Cl)n2)c1. The maximum Gasteiger partial charge on any atom is 0.335 e. The molecule has 2 aromatic carbocycles. The molecule has 6 heteroatoms. The maximum atomic E-state index is 11.0. The summed E-state index contributed by atoms with van der Waals surface area (Å²) in [7, 11) is 0. The number of halogens is 1. The zero-order chi connectivity index (χ0) is 14.8. The van der Waals surface area contributed by atoms with E-state index in [1.54, 1.807) is 30.3 Å². The maximum absolute atomic E-state index is 11.0. The van der Waals surface area contributed by atoms with Crippen LogP contribution in [0.3, 0.4) is 0 Å². The molecule has 5 nitrogen and oxygen atoms in total. The summed E-state index contributed by atoms with van der Waals surface area (Å²) in [6.45, 7) is 0. The number of nitrogens with zero attached hydrogens (tertiary/aromatic N) is 2. The fourth-order valence-corrected chi connectivity index (χ4v) is 2.09. The molecule has 104 valence electrons.